The predicted octanol–water partition coefficient (Wildman–Crippen LogP) is 0.492. The van der Waals surface area contributed by atoms with Gasteiger partial charge in [0.05, 0.1) is 12.7 Å². The molecule has 0 aromatic carbocycles. The topological polar surface area (TPSA) is 173 Å². The number of rotatable bonds is 14. The van der Waals surface area contributed by atoms with E-state index >= 15 is 0 Å². The highest BCUT2D eigenvalue weighted by molar-refractivity contribution is 8.00. The lowest BCUT2D eigenvalue weighted by Crippen LogP contribution is -2.42. The zero-order valence-electron chi connectivity index (χ0n) is 18.8. The fraction of sp³-hybridized carbons (Fsp3) is 0.600. The van der Waals surface area contributed by atoms with E-state index in [1.807, 2.05) is 0 Å². The van der Waals surface area contributed by atoms with E-state index in [0.29, 0.717) is 11.3 Å². The summed E-state index contributed by atoms with van der Waals surface area (Å²) in [4.78, 5) is 43.0. The van der Waals surface area contributed by atoms with E-state index in [-0.39, 0.29) is 35.2 Å². The first-order chi connectivity index (χ1) is 14.7. The van der Waals surface area contributed by atoms with Crippen LogP contribution in [0.5, 0.6) is 0 Å². The van der Waals surface area contributed by atoms with E-state index in [9.17, 15) is 24.3 Å². The Hall–Kier alpha value is -2.02. The number of thioether (sulfide) groups is 2. The molecule has 0 heterocycles. The van der Waals surface area contributed by atoms with Gasteiger partial charge in [-0.25, -0.2) is 9.59 Å². The van der Waals surface area contributed by atoms with Crippen LogP contribution in [0, 0.1) is 0 Å². The van der Waals surface area contributed by atoms with Gasteiger partial charge in [-0.15, -0.1) is 11.8 Å². The molecule has 0 radical (unpaired) electrons. The van der Waals surface area contributed by atoms with Crippen LogP contribution in [0.4, 0.5) is 0 Å². The number of hydrogen-bond acceptors (Lipinski definition) is 8. The SMILES string of the molecule is C=C(C)C(CO)SC[C@@H](NC(C)=O)C(=O)O.C=C(C)C(O)CSC[C@@H](NC(C)=O)C(=O)O. The average molecular weight is 495 g/mol. The molecule has 184 valence electrons. The second-order valence-electron chi connectivity index (χ2n) is 6.93. The Labute approximate surface area is 196 Å². The maximum Gasteiger partial charge on any atom is 0.327 e. The summed E-state index contributed by atoms with van der Waals surface area (Å²) in [5.74, 6) is -2.13. The number of aliphatic carboxylic acids is 2. The number of carboxylic acid groups (broad SMARTS) is 2. The minimum Gasteiger partial charge on any atom is -0.480 e. The Balaban J connectivity index is 0. The molecular formula is C20H34N2O8S2. The molecule has 0 aliphatic carbocycles. The van der Waals surface area contributed by atoms with Gasteiger partial charge in [0, 0.05) is 36.4 Å². The predicted molar refractivity (Wildman–Crippen MR) is 127 cm³/mol. The molecule has 6 N–H and O–H groups in total. The number of hydrogen-bond donors (Lipinski definition) is 6. The van der Waals surface area contributed by atoms with Gasteiger partial charge in [-0.2, -0.15) is 11.8 Å². The molecule has 0 bridgehead atoms. The summed E-state index contributed by atoms with van der Waals surface area (Å²) in [5, 5.41) is 40.5. The maximum absolute atomic E-state index is 10.8. The van der Waals surface area contributed by atoms with E-state index < -0.39 is 30.1 Å². The Kier molecular flexibility index (Phi) is 17.6. The summed E-state index contributed by atoms with van der Waals surface area (Å²) in [6, 6.07) is -1.85. The van der Waals surface area contributed by atoms with Crippen molar-refractivity contribution in [3.05, 3.63) is 24.3 Å². The molecule has 2 amide bonds. The number of carbonyl (C=O) groups excluding carboxylic acids is 2. The Bertz CT molecular complexity index is 672. The van der Waals surface area contributed by atoms with Gasteiger partial charge >= 0.3 is 11.9 Å². The number of nitrogens with one attached hydrogen (secondary N) is 2. The van der Waals surface area contributed by atoms with Crippen molar-refractivity contribution in [2.75, 3.05) is 23.9 Å². The lowest BCUT2D eigenvalue weighted by molar-refractivity contribution is -0.141. The largest absolute Gasteiger partial charge is 0.480 e. The monoisotopic (exact) mass is 494 g/mol. The average Bonchev–Trinajstić information content (AvgIpc) is 2.65. The van der Waals surface area contributed by atoms with Crippen molar-refractivity contribution in [2.24, 2.45) is 0 Å². The zero-order chi connectivity index (χ0) is 25.4. The number of carbonyl (C=O) groups is 4. The molecular weight excluding hydrogens is 460 g/mol. The minimum absolute atomic E-state index is 0.0909. The first kappa shape index (κ1) is 32.2. The van der Waals surface area contributed by atoms with Crippen molar-refractivity contribution < 1.29 is 39.6 Å². The van der Waals surface area contributed by atoms with Crippen molar-refractivity contribution in [2.45, 2.75) is 51.1 Å². The molecule has 0 aromatic heterocycles. The Morgan fingerprint density at radius 2 is 1.25 bits per heavy atom. The summed E-state index contributed by atoms with van der Waals surface area (Å²) < 4.78 is 0. The van der Waals surface area contributed by atoms with Crippen LogP contribution in [0.25, 0.3) is 0 Å². The van der Waals surface area contributed by atoms with Gasteiger partial charge in [0.15, 0.2) is 0 Å². The van der Waals surface area contributed by atoms with Crippen LogP contribution >= 0.6 is 23.5 Å². The summed E-state index contributed by atoms with van der Waals surface area (Å²) in [6.07, 6.45) is -0.642. The van der Waals surface area contributed by atoms with Crippen LogP contribution in [0.3, 0.4) is 0 Å². The van der Waals surface area contributed by atoms with Crippen molar-refractivity contribution in [1.82, 2.24) is 10.6 Å². The van der Waals surface area contributed by atoms with Crippen molar-refractivity contribution >= 4 is 47.3 Å². The first-order valence-corrected chi connectivity index (χ1v) is 11.7. The maximum atomic E-state index is 10.8. The van der Waals surface area contributed by atoms with Crippen molar-refractivity contribution in [3.63, 3.8) is 0 Å². The third kappa shape index (κ3) is 16.6. The second-order valence-corrected chi connectivity index (χ2v) is 9.24. The zero-order valence-corrected chi connectivity index (χ0v) is 20.4. The summed E-state index contributed by atoms with van der Waals surface area (Å²) >= 11 is 2.52. The van der Waals surface area contributed by atoms with E-state index in [1.165, 1.54) is 37.4 Å². The van der Waals surface area contributed by atoms with Gasteiger partial charge in [0.1, 0.15) is 12.1 Å². The number of carboxylic acids is 2. The van der Waals surface area contributed by atoms with Crippen LogP contribution in [0.15, 0.2) is 24.3 Å². The van der Waals surface area contributed by atoms with Crippen LogP contribution in [-0.2, 0) is 19.2 Å². The number of aliphatic hydroxyl groups excluding tert-OH is 2. The molecule has 32 heavy (non-hydrogen) atoms. The lowest BCUT2D eigenvalue weighted by atomic mass is 10.2. The van der Waals surface area contributed by atoms with Crippen LogP contribution in [0.1, 0.15) is 27.7 Å². The summed E-state index contributed by atoms with van der Waals surface area (Å²) in [5.41, 5.74) is 1.42. The third-order valence-electron chi connectivity index (χ3n) is 3.66. The molecule has 0 aliphatic heterocycles. The van der Waals surface area contributed by atoms with Crippen molar-refractivity contribution in [3.8, 4) is 0 Å². The van der Waals surface area contributed by atoms with Gasteiger partial charge in [-0.1, -0.05) is 24.3 Å². The van der Waals surface area contributed by atoms with Gasteiger partial charge in [0.25, 0.3) is 0 Å². The fourth-order valence-electron chi connectivity index (χ4n) is 1.84. The van der Waals surface area contributed by atoms with Crippen LogP contribution in [0.2, 0.25) is 0 Å². The lowest BCUT2D eigenvalue weighted by Gasteiger charge is -2.17. The normalized spacial score (nSPS) is 13.9. The second kappa shape index (κ2) is 17.5. The highest BCUT2D eigenvalue weighted by Gasteiger charge is 2.21. The highest BCUT2D eigenvalue weighted by atomic mass is 32.2. The summed E-state index contributed by atoms with van der Waals surface area (Å²) in [7, 11) is 0. The fourth-order valence-corrected chi connectivity index (χ4v) is 3.99. The summed E-state index contributed by atoms with van der Waals surface area (Å²) in [6.45, 7) is 13.2. The van der Waals surface area contributed by atoms with Crippen molar-refractivity contribution in [1.29, 1.82) is 0 Å². The van der Waals surface area contributed by atoms with E-state index in [4.69, 9.17) is 15.3 Å². The quantitative estimate of drug-likeness (QED) is 0.187. The minimum atomic E-state index is -1.08. The van der Waals surface area contributed by atoms with Crippen LogP contribution < -0.4 is 10.6 Å². The van der Waals surface area contributed by atoms with Gasteiger partial charge in [-0.3, -0.25) is 9.59 Å². The highest BCUT2D eigenvalue weighted by Crippen LogP contribution is 2.18. The van der Waals surface area contributed by atoms with Gasteiger partial charge in [-0.05, 0) is 13.8 Å². The number of aliphatic hydroxyl groups is 2. The molecule has 0 saturated heterocycles. The third-order valence-corrected chi connectivity index (χ3v) is 6.26. The van der Waals surface area contributed by atoms with E-state index in [2.05, 4.69) is 23.8 Å². The first-order valence-electron chi connectivity index (χ1n) is 9.51. The molecule has 12 heteroatoms. The molecule has 0 aliphatic rings. The molecule has 0 spiro atoms. The molecule has 0 fully saturated rings. The molecule has 10 nitrogen and oxygen atoms in total. The Morgan fingerprint density at radius 1 is 0.812 bits per heavy atom. The molecule has 0 saturated carbocycles. The Morgan fingerprint density at radius 3 is 1.56 bits per heavy atom. The molecule has 4 atom stereocenters. The molecule has 2 unspecified atom stereocenters. The standard InChI is InChI=1S/2C10H17NO4S/c1-6(2)9(4-12)16-5-8(10(14)15)11-7(3)13;1-6(2)9(13)5-16-4-8(10(14)15)11-7(3)12/h8-9,12H,1,4-5H2,2-3H3,(H,11,13)(H,14,15);8-9,13H,1,4-5H2,2-3H3,(H,11,12)(H,14,15)/t2*8-,9?/m11/s1. The smallest absolute Gasteiger partial charge is 0.327 e. The molecule has 0 aromatic rings. The van der Waals surface area contributed by atoms with Crippen LogP contribution in [-0.4, -0.2) is 91.5 Å². The number of amides is 2. The van der Waals surface area contributed by atoms with E-state index in [0.717, 1.165) is 5.57 Å². The van der Waals surface area contributed by atoms with Gasteiger partial charge < -0.3 is 31.1 Å². The molecule has 0 rings (SSSR count). The van der Waals surface area contributed by atoms with E-state index in [1.54, 1.807) is 13.8 Å². The van der Waals surface area contributed by atoms with Gasteiger partial charge in [0.2, 0.25) is 11.8 Å².